The largest absolute Gasteiger partial charge is 0.416 e. The van der Waals surface area contributed by atoms with Crippen LogP contribution in [-0.2, 0) is 35.8 Å². The van der Waals surface area contributed by atoms with Crippen molar-refractivity contribution in [3.63, 3.8) is 0 Å². The fourth-order valence-electron chi connectivity index (χ4n) is 7.42. The fraction of sp³-hybridized carbons (Fsp3) is 0.372. The van der Waals surface area contributed by atoms with Gasteiger partial charge in [0.05, 0.1) is 11.4 Å². The maximum Gasteiger partial charge on any atom is 0.192 e. The van der Waals surface area contributed by atoms with Crippen LogP contribution in [-0.4, -0.2) is 64.0 Å². The van der Waals surface area contributed by atoms with E-state index in [1.807, 2.05) is 16.7 Å². The summed E-state index contributed by atoms with van der Waals surface area (Å²) < 4.78 is 68.4. The van der Waals surface area contributed by atoms with Gasteiger partial charge in [-0.2, -0.15) is 9.61 Å². The van der Waals surface area contributed by atoms with Crippen molar-refractivity contribution in [2.45, 2.75) is 96.9 Å². The number of benzene rings is 2. The third kappa shape index (κ3) is 7.94. The quantitative estimate of drug-likeness (QED) is 0.0625. The van der Waals surface area contributed by atoms with Gasteiger partial charge < -0.3 is 19.0 Å². The average molecular weight is 853 g/mol. The van der Waals surface area contributed by atoms with E-state index in [4.69, 9.17) is 20.4 Å². The monoisotopic (exact) mass is 852 g/mol. The Balaban J connectivity index is 0.000000184. The van der Waals surface area contributed by atoms with Crippen molar-refractivity contribution in [1.29, 1.82) is 0 Å². The zero-order valence-corrected chi connectivity index (χ0v) is 36.2. The van der Waals surface area contributed by atoms with E-state index in [2.05, 4.69) is 83.1 Å². The van der Waals surface area contributed by atoms with Crippen molar-refractivity contribution in [2.75, 3.05) is 12.0 Å². The van der Waals surface area contributed by atoms with Crippen LogP contribution in [0.3, 0.4) is 0 Å². The summed E-state index contributed by atoms with van der Waals surface area (Å²) in [4.78, 5) is 9.31. The summed E-state index contributed by atoms with van der Waals surface area (Å²) in [6.45, 7) is 17.3. The number of hydrogen-bond acceptors (Lipinski definition) is 10. The first kappa shape index (κ1) is 41.9. The van der Waals surface area contributed by atoms with Crippen LogP contribution in [0.25, 0.3) is 50.9 Å². The summed E-state index contributed by atoms with van der Waals surface area (Å²) in [7, 11) is -1.97. The van der Waals surface area contributed by atoms with Crippen molar-refractivity contribution in [2.24, 2.45) is 5.84 Å². The van der Waals surface area contributed by atoms with Gasteiger partial charge in [-0.25, -0.2) is 33.4 Å². The predicted octanol–water partition coefficient (Wildman–Crippen LogP) is 8.70. The third-order valence-corrected chi connectivity index (χ3v) is 16.3. The van der Waals surface area contributed by atoms with Gasteiger partial charge in [0.15, 0.2) is 25.6 Å². The highest BCUT2D eigenvalue weighted by Crippen LogP contribution is 2.40. The fourth-order valence-corrected chi connectivity index (χ4v) is 8.58. The van der Waals surface area contributed by atoms with Crippen LogP contribution in [0, 0.1) is 23.3 Å². The number of anilines is 1. The molecule has 5 aromatic heterocycles. The zero-order valence-electron chi connectivity index (χ0n) is 35.2. The van der Waals surface area contributed by atoms with E-state index in [1.165, 1.54) is 24.3 Å². The molecule has 0 unspecified atom stereocenters. The minimum Gasteiger partial charge on any atom is -0.416 e. The Morgan fingerprint density at radius 2 is 1.26 bits per heavy atom. The van der Waals surface area contributed by atoms with E-state index >= 15 is 0 Å². The van der Waals surface area contributed by atoms with Crippen molar-refractivity contribution < 1.29 is 22.0 Å². The summed E-state index contributed by atoms with van der Waals surface area (Å²) in [6, 6.07) is 14.2. The molecule has 0 amide bonds. The highest BCUT2D eigenvalue weighted by molar-refractivity contribution is 6.74. The molecular weight excluding hydrogens is 805 g/mol. The number of hydrazine groups is 1. The number of nitrogens with one attached hydrogen (secondary N) is 1. The second-order valence-corrected chi connectivity index (χ2v) is 22.4. The molecule has 0 radical (unpaired) electrons. The molecule has 7 heterocycles. The third-order valence-electron chi connectivity index (χ3n) is 11.8. The highest BCUT2D eigenvalue weighted by atomic mass is 28.4. The van der Waals surface area contributed by atoms with Crippen LogP contribution in [0.4, 0.5) is 23.4 Å². The van der Waals surface area contributed by atoms with Gasteiger partial charge in [-0.1, -0.05) is 34.6 Å². The van der Waals surface area contributed by atoms with Crippen LogP contribution in [0.2, 0.25) is 18.1 Å². The first-order chi connectivity index (χ1) is 29.0. The van der Waals surface area contributed by atoms with Gasteiger partial charge in [0.2, 0.25) is 0 Å². The Morgan fingerprint density at radius 3 is 1.77 bits per heavy atom. The van der Waals surface area contributed by atoms with E-state index in [1.54, 1.807) is 16.6 Å². The summed E-state index contributed by atoms with van der Waals surface area (Å²) in [6.07, 6.45) is 3.54. The number of imidazole rings is 2. The molecule has 0 saturated carbocycles. The number of nitrogen functional groups attached to an aromatic ring is 1. The van der Waals surface area contributed by atoms with Gasteiger partial charge >= 0.3 is 0 Å². The number of aryl methyl sites for hydroxylation is 2. The van der Waals surface area contributed by atoms with Crippen molar-refractivity contribution in [3.05, 3.63) is 101 Å². The summed E-state index contributed by atoms with van der Waals surface area (Å²) >= 11 is 0. The van der Waals surface area contributed by atoms with Gasteiger partial charge in [-0.3, -0.25) is 0 Å². The first-order valence-electron chi connectivity index (χ1n) is 20.2. The second-order valence-electron chi connectivity index (χ2n) is 17.6. The minimum atomic E-state index is -1.97. The molecule has 9 rings (SSSR count). The molecular formula is C43H48F4N12OSi. The zero-order chi connectivity index (χ0) is 43.4. The molecule has 0 saturated heterocycles. The summed E-state index contributed by atoms with van der Waals surface area (Å²) in [5.41, 5.74) is 6.60. The van der Waals surface area contributed by atoms with E-state index < -0.39 is 37.0 Å². The molecule has 2 aromatic carbocycles. The molecule has 0 bridgehead atoms. The lowest BCUT2D eigenvalue weighted by Crippen LogP contribution is -2.44. The number of halogens is 4. The van der Waals surface area contributed by atoms with Crippen LogP contribution >= 0.6 is 0 Å². The topological polar surface area (TPSA) is 152 Å². The summed E-state index contributed by atoms with van der Waals surface area (Å²) in [5, 5.41) is 22.0. The van der Waals surface area contributed by atoms with E-state index in [9.17, 15) is 17.6 Å². The Labute approximate surface area is 351 Å². The van der Waals surface area contributed by atoms with Gasteiger partial charge in [0.25, 0.3) is 0 Å². The molecule has 61 heavy (non-hydrogen) atoms. The average Bonchev–Trinajstić information content (AvgIpc) is 4.05. The number of hydrogen-bond donors (Lipinski definition) is 2. The SMILES string of the molecule is CC(C)(CO[Si](C)(C)C(C)(C)C)c1nnc2ccc(-c3c(-c4ccc(F)cc4F)nc4n3CCC4)nn12.NNc1ccc(-c2c(-c3ccc(F)cc3F)nc3n2CCC3)nn1. The number of rotatable bonds is 9. The number of aromatic nitrogens is 10. The van der Waals surface area contributed by atoms with Crippen LogP contribution in [0.1, 0.15) is 64.9 Å². The minimum absolute atomic E-state index is 0.0931. The molecule has 0 aliphatic carbocycles. The Morgan fingerprint density at radius 1 is 0.705 bits per heavy atom. The molecule has 0 fully saturated rings. The molecule has 3 N–H and O–H groups in total. The summed E-state index contributed by atoms with van der Waals surface area (Å²) in [5.74, 6) is 5.63. The number of nitrogens with two attached hydrogens (primary N) is 1. The smallest absolute Gasteiger partial charge is 0.192 e. The molecule has 0 atom stereocenters. The van der Waals surface area contributed by atoms with Crippen LogP contribution in [0.15, 0.2) is 60.7 Å². The van der Waals surface area contributed by atoms with Crippen molar-refractivity contribution >= 4 is 19.8 Å². The highest BCUT2D eigenvalue weighted by Gasteiger charge is 2.40. The number of fused-ring (bicyclic) bond motifs is 3. The maximum atomic E-state index is 14.8. The van der Waals surface area contributed by atoms with Gasteiger partial charge in [0.1, 0.15) is 57.7 Å². The van der Waals surface area contributed by atoms with Crippen LogP contribution < -0.4 is 11.3 Å². The van der Waals surface area contributed by atoms with Crippen LogP contribution in [0.5, 0.6) is 0 Å². The lowest BCUT2D eigenvalue weighted by molar-refractivity contribution is 0.212. The normalized spacial score (nSPS) is 14.0. The Bertz CT molecular complexity index is 2750. The molecule has 2 aliphatic rings. The van der Waals surface area contributed by atoms with Crippen molar-refractivity contribution in [1.82, 2.24) is 49.1 Å². The molecule has 318 valence electrons. The Kier molecular flexibility index (Phi) is 10.9. The van der Waals surface area contributed by atoms with E-state index in [0.717, 1.165) is 68.2 Å². The van der Waals surface area contributed by atoms with Crippen molar-refractivity contribution in [3.8, 4) is 45.3 Å². The maximum absolute atomic E-state index is 14.8. The molecule has 7 aromatic rings. The number of nitrogens with zero attached hydrogens (tertiary/aromatic N) is 10. The molecule has 0 spiro atoms. The lowest BCUT2D eigenvalue weighted by Gasteiger charge is -2.38. The van der Waals surface area contributed by atoms with Gasteiger partial charge in [-0.15, -0.1) is 20.4 Å². The van der Waals surface area contributed by atoms with Gasteiger partial charge in [-0.05, 0) is 79.5 Å². The molecule has 13 nitrogen and oxygen atoms in total. The first-order valence-corrected chi connectivity index (χ1v) is 23.1. The predicted molar refractivity (Wildman–Crippen MR) is 227 cm³/mol. The van der Waals surface area contributed by atoms with Gasteiger partial charge in [0, 0.05) is 61.2 Å². The Hall–Kier alpha value is -5.85. The molecule has 2 aliphatic heterocycles. The van der Waals surface area contributed by atoms with E-state index in [-0.39, 0.29) is 16.2 Å². The standard InChI is InChI=1S/C27H34F2N6OSi.C16H14F2N6/c1-26(2,3)37(6,7)36-16-27(4,5)25-32-31-22-13-12-20(33-35(22)25)24-23(30-21-9-8-14-34(21)24)18-11-10-17(28)15-19(18)29;17-9-3-4-10(11(18)8-9)15-16(24-7-1-2-14(24)20-15)12-5-6-13(21-19)23-22-12/h10-13,15H,8-9,14,16H2,1-7H3;3-6,8H,1-2,7,19H2,(H,21,23). The molecule has 18 heteroatoms. The second kappa shape index (κ2) is 15.9. The lowest BCUT2D eigenvalue weighted by atomic mass is 9.94. The van der Waals surface area contributed by atoms with E-state index in [0.29, 0.717) is 52.4 Å².